The van der Waals surface area contributed by atoms with Crippen LogP contribution in [0.4, 0.5) is 18.9 Å². The first-order valence-corrected chi connectivity index (χ1v) is 3.93. The van der Waals surface area contributed by atoms with Crippen LogP contribution in [0.25, 0.3) is 0 Å². The Morgan fingerprint density at radius 3 is 2.62 bits per heavy atom. The van der Waals surface area contributed by atoms with E-state index in [-0.39, 0.29) is 5.69 Å². The van der Waals surface area contributed by atoms with Gasteiger partial charge in [-0.05, 0) is 6.07 Å². The van der Waals surface area contributed by atoms with Crippen molar-refractivity contribution in [2.45, 2.75) is 6.36 Å². The molecule has 1 aromatic rings. The number of ether oxygens (including phenoxy) is 2. The number of carbonyl (C=O) groups excluding carboxylic acids is 1. The quantitative estimate of drug-likeness (QED) is 0.784. The Morgan fingerprint density at radius 1 is 1.50 bits per heavy atom. The third-order valence-corrected chi connectivity index (χ3v) is 1.49. The topological polar surface area (TPSA) is 74.4 Å². The Morgan fingerprint density at radius 2 is 2.12 bits per heavy atom. The number of carbonyl (C=O) groups is 1. The van der Waals surface area contributed by atoms with Gasteiger partial charge in [0, 0.05) is 0 Å². The van der Waals surface area contributed by atoms with Crippen molar-refractivity contribution in [1.29, 1.82) is 0 Å². The van der Waals surface area contributed by atoms with E-state index in [9.17, 15) is 18.0 Å². The zero-order valence-corrected chi connectivity index (χ0v) is 8.04. The Hall–Kier alpha value is -1.99. The molecule has 88 valence electrons. The third-order valence-electron chi connectivity index (χ3n) is 1.49. The van der Waals surface area contributed by atoms with Crippen molar-refractivity contribution in [2.24, 2.45) is 0 Å². The summed E-state index contributed by atoms with van der Waals surface area (Å²) in [5.41, 5.74) is 4.81. The zero-order chi connectivity index (χ0) is 12.3. The molecule has 8 heteroatoms. The van der Waals surface area contributed by atoms with Crippen molar-refractivity contribution >= 4 is 11.7 Å². The number of aromatic nitrogens is 1. The van der Waals surface area contributed by atoms with Crippen LogP contribution >= 0.6 is 0 Å². The normalized spacial score (nSPS) is 11.0. The molecule has 0 atom stereocenters. The zero-order valence-electron chi connectivity index (χ0n) is 8.04. The van der Waals surface area contributed by atoms with Crippen LogP contribution < -0.4 is 10.5 Å². The Kier molecular flexibility index (Phi) is 3.21. The number of nitrogen functional groups attached to an aromatic ring is 1. The minimum Gasteiger partial charge on any atom is -0.465 e. The lowest BCUT2D eigenvalue weighted by atomic mass is 10.2. The van der Waals surface area contributed by atoms with Crippen molar-refractivity contribution in [3.63, 3.8) is 0 Å². The van der Waals surface area contributed by atoms with Crippen LogP contribution in [0.2, 0.25) is 0 Å². The van der Waals surface area contributed by atoms with Crippen LogP contribution in [-0.2, 0) is 4.74 Å². The van der Waals surface area contributed by atoms with Crippen molar-refractivity contribution in [2.75, 3.05) is 12.8 Å². The molecule has 0 saturated heterocycles. The highest BCUT2D eigenvalue weighted by Gasteiger charge is 2.34. The number of esters is 1. The molecule has 1 rings (SSSR count). The van der Waals surface area contributed by atoms with Gasteiger partial charge in [0.25, 0.3) is 0 Å². The number of halogens is 3. The molecule has 0 aromatic carbocycles. The maximum atomic E-state index is 11.9. The number of methoxy groups -OCH3 is 1. The molecule has 0 bridgehead atoms. The molecule has 0 radical (unpaired) electrons. The second-order valence-electron chi connectivity index (χ2n) is 2.66. The predicted octanol–water partition coefficient (Wildman–Crippen LogP) is 1.35. The van der Waals surface area contributed by atoms with Crippen molar-refractivity contribution in [3.05, 3.63) is 17.8 Å². The highest BCUT2D eigenvalue weighted by molar-refractivity contribution is 5.92. The second-order valence-corrected chi connectivity index (χ2v) is 2.66. The first-order valence-electron chi connectivity index (χ1n) is 3.93. The van der Waals surface area contributed by atoms with Gasteiger partial charge in [-0.25, -0.2) is 9.78 Å². The van der Waals surface area contributed by atoms with E-state index >= 15 is 0 Å². The summed E-state index contributed by atoms with van der Waals surface area (Å²) in [4.78, 5) is 14.4. The summed E-state index contributed by atoms with van der Waals surface area (Å²) < 4.78 is 43.6. The summed E-state index contributed by atoms with van der Waals surface area (Å²) in [7, 11) is 1.02. The van der Waals surface area contributed by atoms with E-state index in [0.717, 1.165) is 19.4 Å². The maximum absolute atomic E-state index is 11.9. The fraction of sp³-hybridized carbons (Fsp3) is 0.250. The maximum Gasteiger partial charge on any atom is 0.574 e. The number of alkyl halides is 3. The largest absolute Gasteiger partial charge is 0.574 e. The number of nitrogens with two attached hydrogens (primary N) is 1. The SMILES string of the molecule is COC(=O)c1cc(N)cnc1OC(F)(F)F. The molecule has 0 unspecified atom stereocenters. The standard InChI is InChI=1S/C8H7F3N2O3/c1-15-7(14)5-2-4(12)3-13-6(5)16-8(9,10)11/h2-3H,12H2,1H3. The molecular weight excluding hydrogens is 229 g/mol. The van der Waals surface area contributed by atoms with E-state index in [4.69, 9.17) is 5.73 Å². The van der Waals surface area contributed by atoms with Crippen LogP contribution in [0.5, 0.6) is 5.88 Å². The van der Waals surface area contributed by atoms with Crippen molar-refractivity contribution < 1.29 is 27.4 Å². The van der Waals surface area contributed by atoms with Gasteiger partial charge in [-0.1, -0.05) is 0 Å². The number of rotatable bonds is 2. The lowest BCUT2D eigenvalue weighted by Crippen LogP contribution is -2.20. The lowest BCUT2D eigenvalue weighted by Gasteiger charge is -2.11. The first kappa shape index (κ1) is 12.1. The molecule has 1 aromatic heterocycles. The summed E-state index contributed by atoms with van der Waals surface area (Å²) in [5.74, 6) is -1.91. The minimum atomic E-state index is -4.94. The number of anilines is 1. The summed E-state index contributed by atoms with van der Waals surface area (Å²) in [5, 5.41) is 0. The van der Waals surface area contributed by atoms with Crippen LogP contribution in [0, 0.1) is 0 Å². The van der Waals surface area contributed by atoms with Crippen LogP contribution in [0.3, 0.4) is 0 Å². The van der Waals surface area contributed by atoms with Gasteiger partial charge in [-0.2, -0.15) is 0 Å². The molecule has 0 saturated carbocycles. The molecule has 5 nitrogen and oxygen atoms in total. The van der Waals surface area contributed by atoms with Crippen LogP contribution in [-0.4, -0.2) is 24.4 Å². The van der Waals surface area contributed by atoms with Gasteiger partial charge in [0.05, 0.1) is 19.0 Å². The van der Waals surface area contributed by atoms with Gasteiger partial charge in [0.1, 0.15) is 5.56 Å². The molecular formula is C8H7F3N2O3. The molecule has 0 aliphatic carbocycles. The average Bonchev–Trinajstić information content (AvgIpc) is 2.17. The predicted molar refractivity (Wildman–Crippen MR) is 46.7 cm³/mol. The second kappa shape index (κ2) is 4.25. The van der Waals surface area contributed by atoms with Gasteiger partial charge in [-0.15, -0.1) is 13.2 Å². The van der Waals surface area contributed by atoms with Crippen molar-refractivity contribution in [1.82, 2.24) is 4.98 Å². The van der Waals surface area contributed by atoms with Crippen LogP contribution in [0.15, 0.2) is 12.3 Å². The Labute approximate surface area is 88.0 Å². The fourth-order valence-corrected chi connectivity index (χ4v) is 0.916. The first-order chi connectivity index (χ1) is 7.33. The molecule has 0 aliphatic heterocycles. The average molecular weight is 236 g/mol. The number of hydrogen-bond acceptors (Lipinski definition) is 5. The summed E-state index contributed by atoms with van der Waals surface area (Å²) in [6.07, 6.45) is -4.00. The molecule has 16 heavy (non-hydrogen) atoms. The van der Waals surface area contributed by atoms with E-state index in [2.05, 4.69) is 14.5 Å². The van der Waals surface area contributed by atoms with E-state index in [1.165, 1.54) is 0 Å². The van der Waals surface area contributed by atoms with E-state index in [1.54, 1.807) is 0 Å². The van der Waals surface area contributed by atoms with E-state index < -0.39 is 23.8 Å². The van der Waals surface area contributed by atoms with Gasteiger partial charge >= 0.3 is 12.3 Å². The highest BCUT2D eigenvalue weighted by atomic mass is 19.4. The molecule has 0 aliphatic rings. The molecule has 0 spiro atoms. The lowest BCUT2D eigenvalue weighted by molar-refractivity contribution is -0.276. The molecule has 0 amide bonds. The summed E-state index contributed by atoms with van der Waals surface area (Å²) >= 11 is 0. The van der Waals surface area contributed by atoms with Crippen LogP contribution in [0.1, 0.15) is 10.4 Å². The smallest absolute Gasteiger partial charge is 0.465 e. The van der Waals surface area contributed by atoms with Gasteiger partial charge in [-0.3, -0.25) is 0 Å². The Balaban J connectivity index is 3.13. The number of pyridine rings is 1. The van der Waals surface area contributed by atoms with Gasteiger partial charge in [0.15, 0.2) is 0 Å². The molecule has 2 N–H and O–H groups in total. The summed E-state index contributed by atoms with van der Waals surface area (Å²) in [6, 6.07) is 0.986. The molecule has 1 heterocycles. The Bertz CT molecular complexity index is 406. The monoisotopic (exact) mass is 236 g/mol. The highest BCUT2D eigenvalue weighted by Crippen LogP contribution is 2.25. The van der Waals surface area contributed by atoms with E-state index in [1.807, 2.05) is 0 Å². The molecule has 0 fully saturated rings. The number of hydrogen-bond donors (Lipinski definition) is 1. The van der Waals surface area contributed by atoms with E-state index in [0.29, 0.717) is 0 Å². The minimum absolute atomic E-state index is 0.0231. The summed E-state index contributed by atoms with van der Waals surface area (Å²) in [6.45, 7) is 0. The van der Waals surface area contributed by atoms with Gasteiger partial charge < -0.3 is 15.2 Å². The fourth-order valence-electron chi connectivity index (χ4n) is 0.916. The third kappa shape index (κ3) is 3.01. The van der Waals surface area contributed by atoms with Gasteiger partial charge in [0.2, 0.25) is 5.88 Å². The van der Waals surface area contributed by atoms with Crippen molar-refractivity contribution in [3.8, 4) is 5.88 Å². The number of nitrogens with zero attached hydrogens (tertiary/aromatic N) is 1.